The van der Waals surface area contributed by atoms with Crippen LogP contribution in [0, 0.1) is 0 Å². The van der Waals surface area contributed by atoms with E-state index < -0.39 is 0 Å². The Balaban J connectivity index is 2.76. The second kappa shape index (κ2) is 5.91. The molecule has 1 heterocycles. The molecule has 3 heteroatoms. The highest BCUT2D eigenvalue weighted by molar-refractivity contribution is 5.13. The zero-order chi connectivity index (χ0) is 11.3. The number of rotatable bonds is 6. The van der Waals surface area contributed by atoms with Gasteiger partial charge in [0.25, 0.3) is 0 Å². The molecule has 86 valence electrons. The summed E-state index contributed by atoms with van der Waals surface area (Å²) in [6.45, 7) is 7.12. The first-order valence-corrected chi connectivity index (χ1v) is 5.97. The van der Waals surface area contributed by atoms with Crippen LogP contribution in [0.5, 0.6) is 0 Å². The molecule has 1 atom stereocenters. The van der Waals surface area contributed by atoms with Crippen LogP contribution in [0.4, 0.5) is 0 Å². The summed E-state index contributed by atoms with van der Waals surface area (Å²) in [6, 6.07) is 2.03. The van der Waals surface area contributed by atoms with Crippen LogP contribution in [0.25, 0.3) is 0 Å². The van der Waals surface area contributed by atoms with Crippen LogP contribution in [0.15, 0.2) is 6.07 Å². The SMILES string of the molecule is CCCCC(O)c1cc(CC)nn1CC. The van der Waals surface area contributed by atoms with E-state index >= 15 is 0 Å². The zero-order valence-corrected chi connectivity index (χ0v) is 10.0. The van der Waals surface area contributed by atoms with E-state index in [9.17, 15) is 5.11 Å². The lowest BCUT2D eigenvalue weighted by molar-refractivity contribution is 0.153. The van der Waals surface area contributed by atoms with Gasteiger partial charge < -0.3 is 5.11 Å². The number of nitrogens with zero attached hydrogens (tertiary/aromatic N) is 2. The highest BCUT2D eigenvalue weighted by Gasteiger charge is 2.13. The molecule has 3 nitrogen and oxygen atoms in total. The molecule has 0 bridgehead atoms. The number of aromatic nitrogens is 2. The number of hydrogen-bond donors (Lipinski definition) is 1. The highest BCUT2D eigenvalue weighted by atomic mass is 16.3. The summed E-state index contributed by atoms with van der Waals surface area (Å²) >= 11 is 0. The van der Waals surface area contributed by atoms with Gasteiger partial charge in [0.15, 0.2) is 0 Å². The Bertz CT molecular complexity index is 294. The lowest BCUT2D eigenvalue weighted by Crippen LogP contribution is -2.07. The minimum absolute atomic E-state index is 0.349. The van der Waals surface area contributed by atoms with Crippen molar-refractivity contribution in [3.63, 3.8) is 0 Å². The van der Waals surface area contributed by atoms with Crippen molar-refractivity contribution in [2.45, 2.75) is 59.1 Å². The highest BCUT2D eigenvalue weighted by Crippen LogP contribution is 2.20. The van der Waals surface area contributed by atoms with Crippen LogP contribution in [0.3, 0.4) is 0 Å². The fourth-order valence-corrected chi connectivity index (χ4v) is 1.73. The van der Waals surface area contributed by atoms with Gasteiger partial charge in [-0.2, -0.15) is 5.10 Å². The van der Waals surface area contributed by atoms with Gasteiger partial charge in [-0.3, -0.25) is 4.68 Å². The topological polar surface area (TPSA) is 38.1 Å². The van der Waals surface area contributed by atoms with E-state index in [1.165, 1.54) is 0 Å². The smallest absolute Gasteiger partial charge is 0.0956 e. The summed E-state index contributed by atoms with van der Waals surface area (Å²) in [5.41, 5.74) is 2.05. The fourth-order valence-electron chi connectivity index (χ4n) is 1.73. The Labute approximate surface area is 92.1 Å². The van der Waals surface area contributed by atoms with Gasteiger partial charge in [0, 0.05) is 6.54 Å². The Morgan fingerprint density at radius 1 is 1.40 bits per heavy atom. The van der Waals surface area contributed by atoms with Gasteiger partial charge in [-0.1, -0.05) is 26.7 Å². The number of unbranched alkanes of at least 4 members (excludes halogenated alkanes) is 1. The van der Waals surface area contributed by atoms with Crippen LogP contribution < -0.4 is 0 Å². The first kappa shape index (κ1) is 12.2. The molecule has 1 unspecified atom stereocenters. The molecule has 0 aliphatic heterocycles. The van der Waals surface area contributed by atoms with E-state index in [2.05, 4.69) is 25.9 Å². The second-order valence-corrected chi connectivity index (χ2v) is 3.89. The third-order valence-corrected chi connectivity index (χ3v) is 2.70. The van der Waals surface area contributed by atoms with Crippen LogP contribution in [-0.4, -0.2) is 14.9 Å². The number of aliphatic hydroxyl groups is 1. The van der Waals surface area contributed by atoms with Crippen molar-refractivity contribution < 1.29 is 5.11 Å². The average Bonchev–Trinajstić information content (AvgIpc) is 2.69. The summed E-state index contributed by atoms with van der Waals surface area (Å²) in [6.07, 6.45) is 3.61. The van der Waals surface area contributed by atoms with Crippen molar-refractivity contribution in [3.8, 4) is 0 Å². The molecule has 0 spiro atoms. The minimum atomic E-state index is -0.349. The molecular formula is C12H22N2O. The molecule has 1 aromatic heterocycles. The van der Waals surface area contributed by atoms with E-state index in [-0.39, 0.29) is 6.10 Å². The van der Waals surface area contributed by atoms with Crippen molar-refractivity contribution in [1.82, 2.24) is 9.78 Å². The van der Waals surface area contributed by atoms with Crippen molar-refractivity contribution >= 4 is 0 Å². The molecule has 0 aliphatic rings. The predicted molar refractivity (Wildman–Crippen MR) is 61.8 cm³/mol. The molecule has 15 heavy (non-hydrogen) atoms. The predicted octanol–water partition coefficient (Wildman–Crippen LogP) is 2.69. The molecule has 0 aliphatic carbocycles. The van der Waals surface area contributed by atoms with Crippen LogP contribution in [-0.2, 0) is 13.0 Å². The van der Waals surface area contributed by atoms with Gasteiger partial charge in [0.05, 0.1) is 17.5 Å². The maximum atomic E-state index is 10.0. The van der Waals surface area contributed by atoms with Crippen LogP contribution in [0.1, 0.15) is 57.5 Å². The minimum Gasteiger partial charge on any atom is -0.387 e. The summed E-state index contributed by atoms with van der Waals surface area (Å²) < 4.78 is 1.92. The van der Waals surface area contributed by atoms with Gasteiger partial charge in [-0.25, -0.2) is 0 Å². The first-order valence-electron chi connectivity index (χ1n) is 5.97. The van der Waals surface area contributed by atoms with E-state index in [1.807, 2.05) is 10.7 Å². The Morgan fingerprint density at radius 2 is 2.13 bits per heavy atom. The van der Waals surface area contributed by atoms with Gasteiger partial charge in [0.1, 0.15) is 0 Å². The lowest BCUT2D eigenvalue weighted by atomic mass is 10.1. The Morgan fingerprint density at radius 3 is 2.67 bits per heavy atom. The molecule has 0 aromatic carbocycles. The fraction of sp³-hybridized carbons (Fsp3) is 0.750. The van der Waals surface area contributed by atoms with Gasteiger partial charge in [-0.05, 0) is 25.8 Å². The summed E-state index contributed by atoms with van der Waals surface area (Å²) in [5.74, 6) is 0. The second-order valence-electron chi connectivity index (χ2n) is 3.89. The zero-order valence-electron chi connectivity index (χ0n) is 10.0. The summed E-state index contributed by atoms with van der Waals surface area (Å²) in [5, 5.41) is 14.4. The van der Waals surface area contributed by atoms with Gasteiger partial charge in [-0.15, -0.1) is 0 Å². The maximum absolute atomic E-state index is 10.0. The van der Waals surface area contributed by atoms with Crippen molar-refractivity contribution in [2.75, 3.05) is 0 Å². The Kier molecular flexibility index (Phi) is 4.82. The molecule has 0 saturated carbocycles. The number of aryl methyl sites for hydroxylation is 2. The van der Waals surface area contributed by atoms with E-state index in [0.29, 0.717) is 0 Å². The summed E-state index contributed by atoms with van der Waals surface area (Å²) in [7, 11) is 0. The van der Waals surface area contributed by atoms with Gasteiger partial charge in [0.2, 0.25) is 0 Å². The molecular weight excluding hydrogens is 188 g/mol. The van der Waals surface area contributed by atoms with Gasteiger partial charge >= 0.3 is 0 Å². The molecule has 1 aromatic rings. The van der Waals surface area contributed by atoms with E-state index in [4.69, 9.17) is 0 Å². The maximum Gasteiger partial charge on any atom is 0.0956 e. The molecule has 0 radical (unpaired) electrons. The molecule has 0 amide bonds. The lowest BCUT2D eigenvalue weighted by Gasteiger charge is -2.11. The number of aliphatic hydroxyl groups excluding tert-OH is 1. The Hall–Kier alpha value is -0.830. The molecule has 1 rings (SSSR count). The number of hydrogen-bond acceptors (Lipinski definition) is 2. The van der Waals surface area contributed by atoms with E-state index in [1.54, 1.807) is 0 Å². The normalized spacial score (nSPS) is 13.1. The monoisotopic (exact) mass is 210 g/mol. The van der Waals surface area contributed by atoms with Crippen molar-refractivity contribution in [2.24, 2.45) is 0 Å². The average molecular weight is 210 g/mol. The first-order chi connectivity index (χ1) is 7.22. The molecule has 0 saturated heterocycles. The standard InChI is InChI=1S/C12H22N2O/c1-4-7-8-12(15)11-9-10(5-2)13-14(11)6-3/h9,12,15H,4-8H2,1-3H3. The molecule has 0 fully saturated rings. The van der Waals surface area contributed by atoms with Crippen molar-refractivity contribution in [3.05, 3.63) is 17.5 Å². The largest absolute Gasteiger partial charge is 0.387 e. The third kappa shape index (κ3) is 3.06. The van der Waals surface area contributed by atoms with Crippen LogP contribution >= 0.6 is 0 Å². The van der Waals surface area contributed by atoms with E-state index in [0.717, 1.165) is 43.6 Å². The quantitative estimate of drug-likeness (QED) is 0.784. The van der Waals surface area contributed by atoms with Crippen LogP contribution in [0.2, 0.25) is 0 Å². The van der Waals surface area contributed by atoms with Crippen molar-refractivity contribution in [1.29, 1.82) is 0 Å². The molecule has 1 N–H and O–H groups in total. The summed E-state index contributed by atoms with van der Waals surface area (Å²) in [4.78, 5) is 0. The third-order valence-electron chi connectivity index (χ3n) is 2.70.